The average Bonchev–Trinajstić information content (AvgIpc) is 2.26. The summed E-state index contributed by atoms with van der Waals surface area (Å²) in [7, 11) is 0. The number of nitrogens with one attached hydrogen (secondary N) is 2. The van der Waals surface area contributed by atoms with Crippen LogP contribution in [0.4, 0.5) is 18.0 Å². The average molecular weight is 295 g/mol. The van der Waals surface area contributed by atoms with E-state index < -0.39 is 24.0 Å². The number of imide groups is 1. The predicted octanol–water partition coefficient (Wildman–Crippen LogP) is 1.49. The fourth-order valence-corrected chi connectivity index (χ4v) is 2.13. The quantitative estimate of drug-likeness (QED) is 0.829. The van der Waals surface area contributed by atoms with Crippen molar-refractivity contribution in [2.75, 3.05) is 19.6 Å². The molecule has 2 N–H and O–H groups in total. The molecule has 0 aromatic heterocycles. The van der Waals surface area contributed by atoms with E-state index in [1.807, 2.05) is 0 Å². The van der Waals surface area contributed by atoms with Gasteiger partial charge in [0.25, 0.3) is 0 Å². The summed E-state index contributed by atoms with van der Waals surface area (Å²) in [5.41, 5.74) is 0. The lowest BCUT2D eigenvalue weighted by Crippen LogP contribution is -2.49. The number of halogens is 3. The van der Waals surface area contributed by atoms with Crippen LogP contribution in [-0.2, 0) is 4.79 Å². The van der Waals surface area contributed by atoms with E-state index in [0.29, 0.717) is 13.0 Å². The molecule has 0 saturated carbocycles. The van der Waals surface area contributed by atoms with Crippen LogP contribution < -0.4 is 10.6 Å². The van der Waals surface area contributed by atoms with Crippen molar-refractivity contribution in [3.63, 3.8) is 0 Å². The summed E-state index contributed by atoms with van der Waals surface area (Å²) >= 11 is 0. The maximum Gasteiger partial charge on any atom is 0.393 e. The number of rotatable bonds is 3. The van der Waals surface area contributed by atoms with Crippen LogP contribution in [0.15, 0.2) is 0 Å². The standard InChI is InChI=1S/C12H20F3N3O2/c1-8(2)16-11(20)17-10(19)7-18-5-3-4-9(6-18)12(13,14)15/h8-9H,3-7H2,1-2H3,(H2,16,17,19,20)/t9-/m0/s1. The van der Waals surface area contributed by atoms with Crippen LogP contribution in [0.5, 0.6) is 0 Å². The Kier molecular flexibility index (Phi) is 5.79. The van der Waals surface area contributed by atoms with Gasteiger partial charge in [-0.2, -0.15) is 13.2 Å². The summed E-state index contributed by atoms with van der Waals surface area (Å²) < 4.78 is 37.8. The zero-order valence-electron chi connectivity index (χ0n) is 11.6. The maximum absolute atomic E-state index is 12.6. The molecule has 3 amide bonds. The van der Waals surface area contributed by atoms with Gasteiger partial charge in [-0.3, -0.25) is 15.0 Å². The molecule has 0 aliphatic carbocycles. The molecule has 0 radical (unpaired) electrons. The third kappa shape index (κ3) is 5.77. The van der Waals surface area contributed by atoms with Gasteiger partial charge in [-0.05, 0) is 33.2 Å². The van der Waals surface area contributed by atoms with E-state index in [2.05, 4.69) is 10.6 Å². The SMILES string of the molecule is CC(C)NC(=O)NC(=O)CN1CCC[C@H](C(F)(F)F)C1. The van der Waals surface area contributed by atoms with Gasteiger partial charge in [0.05, 0.1) is 12.5 Å². The van der Waals surface area contributed by atoms with Crippen molar-refractivity contribution in [3.05, 3.63) is 0 Å². The molecule has 1 saturated heterocycles. The third-order valence-electron chi connectivity index (χ3n) is 3.01. The molecule has 0 bridgehead atoms. The lowest BCUT2D eigenvalue weighted by molar-refractivity contribution is -0.187. The first kappa shape index (κ1) is 16.7. The van der Waals surface area contributed by atoms with Crippen molar-refractivity contribution >= 4 is 11.9 Å². The molecule has 1 aliphatic rings. The number of urea groups is 1. The van der Waals surface area contributed by atoms with Gasteiger partial charge < -0.3 is 5.32 Å². The van der Waals surface area contributed by atoms with Gasteiger partial charge in [-0.15, -0.1) is 0 Å². The number of nitrogens with zero attached hydrogens (tertiary/aromatic N) is 1. The number of amides is 3. The minimum Gasteiger partial charge on any atom is -0.336 e. The Hall–Kier alpha value is -1.31. The van der Waals surface area contributed by atoms with E-state index in [1.165, 1.54) is 4.90 Å². The number of likely N-dealkylation sites (tertiary alicyclic amines) is 1. The predicted molar refractivity (Wildman–Crippen MR) is 67.0 cm³/mol. The van der Waals surface area contributed by atoms with Crippen molar-refractivity contribution in [1.29, 1.82) is 0 Å². The first-order valence-corrected chi connectivity index (χ1v) is 6.58. The molecule has 0 aromatic rings. The highest BCUT2D eigenvalue weighted by atomic mass is 19.4. The van der Waals surface area contributed by atoms with E-state index in [4.69, 9.17) is 0 Å². The van der Waals surface area contributed by atoms with Crippen molar-refractivity contribution in [3.8, 4) is 0 Å². The highest BCUT2D eigenvalue weighted by Gasteiger charge is 2.41. The van der Waals surface area contributed by atoms with Gasteiger partial charge >= 0.3 is 12.2 Å². The largest absolute Gasteiger partial charge is 0.393 e. The van der Waals surface area contributed by atoms with E-state index in [1.54, 1.807) is 13.8 Å². The summed E-state index contributed by atoms with van der Waals surface area (Å²) in [6.07, 6.45) is -3.74. The Morgan fingerprint density at radius 1 is 1.35 bits per heavy atom. The molecular weight excluding hydrogens is 275 g/mol. The lowest BCUT2D eigenvalue weighted by atomic mass is 9.97. The Balaban J connectivity index is 2.40. The molecule has 5 nitrogen and oxygen atoms in total. The smallest absolute Gasteiger partial charge is 0.336 e. The van der Waals surface area contributed by atoms with Crippen LogP contribution in [-0.4, -0.2) is 48.7 Å². The van der Waals surface area contributed by atoms with Gasteiger partial charge in [0, 0.05) is 12.6 Å². The first-order chi connectivity index (χ1) is 9.18. The summed E-state index contributed by atoms with van der Waals surface area (Å²) in [6, 6.07) is -0.748. The van der Waals surface area contributed by atoms with Gasteiger partial charge in [0.2, 0.25) is 5.91 Å². The normalized spacial score (nSPS) is 20.8. The fourth-order valence-electron chi connectivity index (χ4n) is 2.13. The van der Waals surface area contributed by atoms with E-state index >= 15 is 0 Å². The van der Waals surface area contributed by atoms with Crippen molar-refractivity contribution in [1.82, 2.24) is 15.5 Å². The van der Waals surface area contributed by atoms with Crippen LogP contribution in [0.25, 0.3) is 0 Å². The van der Waals surface area contributed by atoms with Crippen molar-refractivity contribution < 1.29 is 22.8 Å². The second kappa shape index (κ2) is 6.92. The second-order valence-corrected chi connectivity index (χ2v) is 5.29. The molecule has 1 atom stereocenters. The summed E-state index contributed by atoms with van der Waals surface area (Å²) in [4.78, 5) is 24.3. The molecule has 20 heavy (non-hydrogen) atoms. The highest BCUT2D eigenvalue weighted by Crippen LogP contribution is 2.32. The number of carbonyl (C=O) groups is 2. The van der Waals surface area contributed by atoms with Crippen LogP contribution in [0.3, 0.4) is 0 Å². The Morgan fingerprint density at radius 2 is 2.00 bits per heavy atom. The lowest BCUT2D eigenvalue weighted by Gasteiger charge is -2.33. The van der Waals surface area contributed by atoms with Crippen molar-refractivity contribution in [2.24, 2.45) is 5.92 Å². The van der Waals surface area contributed by atoms with Gasteiger partial charge in [0.15, 0.2) is 0 Å². The molecule has 0 aromatic carbocycles. The molecule has 116 valence electrons. The molecule has 1 rings (SSSR count). The summed E-state index contributed by atoms with van der Waals surface area (Å²) in [5, 5.41) is 4.57. The number of piperidine rings is 1. The molecule has 1 fully saturated rings. The molecule has 0 unspecified atom stereocenters. The fraction of sp³-hybridized carbons (Fsp3) is 0.833. The molecule has 0 spiro atoms. The highest BCUT2D eigenvalue weighted by molar-refractivity contribution is 5.95. The molecule has 1 heterocycles. The summed E-state index contributed by atoms with van der Waals surface area (Å²) in [5.74, 6) is -1.99. The van der Waals surface area contributed by atoms with Gasteiger partial charge in [-0.25, -0.2) is 4.79 Å². The van der Waals surface area contributed by atoms with Crippen LogP contribution in [0.2, 0.25) is 0 Å². The topological polar surface area (TPSA) is 61.4 Å². The number of hydrogen-bond acceptors (Lipinski definition) is 3. The minimum absolute atomic E-state index is 0.0927. The van der Waals surface area contributed by atoms with Gasteiger partial charge in [0.1, 0.15) is 0 Å². The Morgan fingerprint density at radius 3 is 2.55 bits per heavy atom. The molecular formula is C12H20F3N3O2. The van der Waals surface area contributed by atoms with E-state index in [-0.39, 0.29) is 25.6 Å². The first-order valence-electron chi connectivity index (χ1n) is 6.58. The number of carbonyl (C=O) groups excluding carboxylic acids is 2. The van der Waals surface area contributed by atoms with Crippen LogP contribution in [0.1, 0.15) is 26.7 Å². The zero-order valence-corrected chi connectivity index (χ0v) is 11.6. The number of alkyl halides is 3. The number of hydrogen-bond donors (Lipinski definition) is 2. The van der Waals surface area contributed by atoms with Crippen LogP contribution >= 0.6 is 0 Å². The van der Waals surface area contributed by atoms with E-state index in [0.717, 1.165) is 0 Å². The summed E-state index contributed by atoms with van der Waals surface area (Å²) in [6.45, 7) is 3.53. The Bertz CT molecular complexity index is 358. The van der Waals surface area contributed by atoms with Crippen LogP contribution in [0, 0.1) is 5.92 Å². The van der Waals surface area contributed by atoms with Crippen molar-refractivity contribution in [2.45, 2.75) is 38.9 Å². The van der Waals surface area contributed by atoms with Gasteiger partial charge in [-0.1, -0.05) is 0 Å². The molecule has 8 heteroatoms. The second-order valence-electron chi connectivity index (χ2n) is 5.29. The maximum atomic E-state index is 12.6. The monoisotopic (exact) mass is 295 g/mol. The zero-order chi connectivity index (χ0) is 15.3. The van der Waals surface area contributed by atoms with E-state index in [9.17, 15) is 22.8 Å². The Labute approximate surface area is 115 Å². The minimum atomic E-state index is -4.23. The third-order valence-corrected chi connectivity index (χ3v) is 3.01. The molecule has 1 aliphatic heterocycles.